The highest BCUT2D eigenvalue weighted by Gasteiger charge is 2.38. The van der Waals surface area contributed by atoms with Crippen LogP contribution in [-0.4, -0.2) is 41.6 Å². The van der Waals surface area contributed by atoms with E-state index in [1.807, 2.05) is 6.07 Å². The molecule has 0 radical (unpaired) electrons. The third-order valence-electron chi connectivity index (χ3n) is 6.37. The number of nitrogens with zero attached hydrogens (tertiary/aromatic N) is 2. The maximum absolute atomic E-state index is 12.4. The van der Waals surface area contributed by atoms with Gasteiger partial charge in [-0.3, -0.25) is 9.59 Å². The van der Waals surface area contributed by atoms with E-state index in [-0.39, 0.29) is 12.4 Å². The molecule has 1 amide bonds. The molecule has 8 heteroatoms. The zero-order chi connectivity index (χ0) is 22.7. The fourth-order valence-corrected chi connectivity index (χ4v) is 4.68. The SMILES string of the molecule is N/C(=N\C(=O)c1ccc(C[C@H](N)C(=O)O)cc1)NCc1ccccc1N1CC2CCC1C2. The van der Waals surface area contributed by atoms with Gasteiger partial charge in [0.15, 0.2) is 5.96 Å². The van der Waals surface area contributed by atoms with Crippen molar-refractivity contribution < 1.29 is 14.7 Å². The second-order valence-corrected chi connectivity index (χ2v) is 8.62. The van der Waals surface area contributed by atoms with E-state index >= 15 is 0 Å². The molecule has 4 rings (SSSR count). The lowest BCUT2D eigenvalue weighted by atomic mass is 10.0. The van der Waals surface area contributed by atoms with Crippen LogP contribution < -0.4 is 21.7 Å². The van der Waals surface area contributed by atoms with Gasteiger partial charge >= 0.3 is 5.97 Å². The Morgan fingerprint density at radius 3 is 2.56 bits per heavy atom. The largest absolute Gasteiger partial charge is 0.480 e. The van der Waals surface area contributed by atoms with Gasteiger partial charge in [0.2, 0.25) is 0 Å². The zero-order valence-corrected chi connectivity index (χ0v) is 17.9. The Morgan fingerprint density at radius 1 is 1.16 bits per heavy atom. The van der Waals surface area contributed by atoms with Crippen LogP contribution in [0.3, 0.4) is 0 Å². The van der Waals surface area contributed by atoms with Crippen molar-refractivity contribution in [1.29, 1.82) is 0 Å². The number of carboxylic acids is 1. The molecule has 32 heavy (non-hydrogen) atoms. The fraction of sp³-hybridized carbons (Fsp3) is 0.375. The summed E-state index contributed by atoms with van der Waals surface area (Å²) in [4.78, 5) is 29.8. The number of carbonyl (C=O) groups is 2. The Morgan fingerprint density at radius 2 is 1.91 bits per heavy atom. The Balaban J connectivity index is 1.36. The highest BCUT2D eigenvalue weighted by atomic mass is 16.4. The summed E-state index contributed by atoms with van der Waals surface area (Å²) in [5.41, 5.74) is 15.0. The molecule has 2 bridgehead atoms. The molecule has 0 spiro atoms. The fourth-order valence-electron chi connectivity index (χ4n) is 4.68. The number of guanidine groups is 1. The van der Waals surface area contributed by atoms with Crippen LogP contribution in [0.25, 0.3) is 0 Å². The molecule has 3 atom stereocenters. The molecule has 1 saturated carbocycles. The van der Waals surface area contributed by atoms with Crippen LogP contribution in [-0.2, 0) is 17.8 Å². The van der Waals surface area contributed by atoms with E-state index in [0.717, 1.165) is 23.6 Å². The lowest BCUT2D eigenvalue weighted by molar-refractivity contribution is -0.138. The van der Waals surface area contributed by atoms with Gasteiger partial charge in [0.1, 0.15) is 6.04 Å². The van der Waals surface area contributed by atoms with E-state index in [0.29, 0.717) is 18.2 Å². The quantitative estimate of drug-likeness (QED) is 0.385. The average Bonchev–Trinajstić information content (AvgIpc) is 3.42. The van der Waals surface area contributed by atoms with Gasteiger partial charge in [0, 0.05) is 30.4 Å². The first-order chi connectivity index (χ1) is 15.4. The zero-order valence-electron chi connectivity index (χ0n) is 17.9. The maximum Gasteiger partial charge on any atom is 0.320 e. The summed E-state index contributed by atoms with van der Waals surface area (Å²) in [5.74, 6) is -0.664. The number of para-hydroxylation sites is 1. The predicted octanol–water partition coefficient (Wildman–Crippen LogP) is 1.87. The van der Waals surface area contributed by atoms with Gasteiger partial charge in [-0.15, -0.1) is 0 Å². The lowest BCUT2D eigenvalue weighted by Crippen LogP contribution is -2.35. The van der Waals surface area contributed by atoms with Crippen LogP contribution in [0.2, 0.25) is 0 Å². The number of aliphatic carboxylic acids is 1. The Hall–Kier alpha value is -3.39. The van der Waals surface area contributed by atoms with Crippen molar-refractivity contribution in [3.63, 3.8) is 0 Å². The number of hydrogen-bond acceptors (Lipinski definition) is 4. The van der Waals surface area contributed by atoms with Crippen molar-refractivity contribution in [2.24, 2.45) is 22.4 Å². The summed E-state index contributed by atoms with van der Waals surface area (Å²) < 4.78 is 0. The number of carbonyl (C=O) groups excluding carboxylic acids is 1. The monoisotopic (exact) mass is 435 g/mol. The van der Waals surface area contributed by atoms with Gasteiger partial charge in [-0.25, -0.2) is 0 Å². The van der Waals surface area contributed by atoms with Crippen molar-refractivity contribution >= 4 is 23.5 Å². The predicted molar refractivity (Wildman–Crippen MR) is 123 cm³/mol. The van der Waals surface area contributed by atoms with Crippen LogP contribution in [0.15, 0.2) is 53.5 Å². The molecule has 2 aromatic carbocycles. The number of piperidine rings is 1. The van der Waals surface area contributed by atoms with E-state index in [4.69, 9.17) is 16.6 Å². The number of nitrogens with two attached hydrogens (primary N) is 2. The van der Waals surface area contributed by atoms with Crippen LogP contribution in [0, 0.1) is 5.92 Å². The third-order valence-corrected chi connectivity index (χ3v) is 6.37. The third kappa shape index (κ3) is 4.91. The maximum atomic E-state index is 12.4. The highest BCUT2D eigenvalue weighted by Crippen LogP contribution is 2.41. The van der Waals surface area contributed by atoms with Crippen molar-refractivity contribution in [3.8, 4) is 0 Å². The molecule has 2 fully saturated rings. The number of fused-ring (bicyclic) bond motifs is 2. The number of aliphatic imine (C=N–C) groups is 1. The standard InChI is InChI=1S/C24H29N5O3/c25-20(23(31)32)12-15-5-8-17(9-6-15)22(30)28-24(26)27-13-18-3-1-2-4-21(18)29-14-16-7-10-19(29)11-16/h1-6,8-9,16,19-20H,7,10-14,25H2,(H,31,32)(H3,26,27,28,30)/t16?,19?,20-/m0/s1. The summed E-state index contributed by atoms with van der Waals surface area (Å²) in [6, 6.07) is 14.5. The molecule has 1 saturated heterocycles. The Kier molecular flexibility index (Phi) is 6.41. The van der Waals surface area contributed by atoms with E-state index in [9.17, 15) is 9.59 Å². The molecule has 8 nitrogen and oxygen atoms in total. The van der Waals surface area contributed by atoms with Crippen molar-refractivity contribution in [2.45, 2.75) is 44.3 Å². The van der Waals surface area contributed by atoms with Crippen molar-refractivity contribution in [3.05, 3.63) is 65.2 Å². The molecule has 1 aliphatic heterocycles. The molecule has 1 aliphatic carbocycles. The van der Waals surface area contributed by atoms with Crippen molar-refractivity contribution in [2.75, 3.05) is 11.4 Å². The van der Waals surface area contributed by atoms with Crippen molar-refractivity contribution in [1.82, 2.24) is 5.32 Å². The number of anilines is 1. The number of rotatable bonds is 7. The second kappa shape index (κ2) is 9.40. The minimum Gasteiger partial charge on any atom is -0.480 e. The number of amides is 1. The molecule has 2 aliphatic rings. The minimum atomic E-state index is -1.06. The molecule has 1 heterocycles. The summed E-state index contributed by atoms with van der Waals surface area (Å²) in [7, 11) is 0. The molecular weight excluding hydrogens is 406 g/mol. The normalized spacial score (nSPS) is 20.9. The Bertz CT molecular complexity index is 1020. The molecular formula is C24H29N5O3. The first-order valence-corrected chi connectivity index (χ1v) is 10.9. The number of carboxylic acid groups (broad SMARTS) is 1. The van der Waals surface area contributed by atoms with Gasteiger partial charge in [-0.2, -0.15) is 4.99 Å². The smallest absolute Gasteiger partial charge is 0.320 e. The molecule has 168 valence electrons. The molecule has 2 unspecified atom stereocenters. The summed E-state index contributed by atoms with van der Waals surface area (Å²) in [6.45, 7) is 1.59. The molecule has 6 N–H and O–H groups in total. The molecule has 0 aromatic heterocycles. The number of hydrogen-bond donors (Lipinski definition) is 4. The second-order valence-electron chi connectivity index (χ2n) is 8.62. The van der Waals surface area contributed by atoms with E-state index in [2.05, 4.69) is 33.4 Å². The van der Waals surface area contributed by atoms with E-state index in [1.165, 1.54) is 24.9 Å². The van der Waals surface area contributed by atoms with Crippen LogP contribution in [0.5, 0.6) is 0 Å². The van der Waals surface area contributed by atoms with Gasteiger partial charge in [-0.1, -0.05) is 30.3 Å². The van der Waals surface area contributed by atoms with Crippen LogP contribution in [0.4, 0.5) is 5.69 Å². The first-order valence-electron chi connectivity index (χ1n) is 10.9. The lowest BCUT2D eigenvalue weighted by Gasteiger charge is -2.31. The Labute approximate surface area is 187 Å². The highest BCUT2D eigenvalue weighted by molar-refractivity contribution is 6.02. The topological polar surface area (TPSA) is 134 Å². The number of nitrogens with one attached hydrogen (secondary N) is 1. The average molecular weight is 436 g/mol. The minimum absolute atomic E-state index is 0.0599. The summed E-state index contributed by atoms with van der Waals surface area (Å²) in [6.07, 6.45) is 4.05. The van der Waals surface area contributed by atoms with E-state index < -0.39 is 17.9 Å². The van der Waals surface area contributed by atoms with Crippen LogP contribution in [0.1, 0.15) is 40.7 Å². The number of benzene rings is 2. The van der Waals surface area contributed by atoms with Gasteiger partial charge in [-0.05, 0) is 60.9 Å². The van der Waals surface area contributed by atoms with Crippen LogP contribution >= 0.6 is 0 Å². The molecule has 2 aromatic rings. The first kappa shape index (κ1) is 21.8. The van der Waals surface area contributed by atoms with Gasteiger partial charge in [0.05, 0.1) is 0 Å². The van der Waals surface area contributed by atoms with Gasteiger partial charge < -0.3 is 26.8 Å². The van der Waals surface area contributed by atoms with Gasteiger partial charge in [0.25, 0.3) is 5.91 Å². The summed E-state index contributed by atoms with van der Waals surface area (Å²) in [5, 5.41) is 12.0. The summed E-state index contributed by atoms with van der Waals surface area (Å²) >= 11 is 0. The van der Waals surface area contributed by atoms with E-state index in [1.54, 1.807) is 24.3 Å².